The Morgan fingerprint density at radius 1 is 1.19 bits per heavy atom. The fourth-order valence-corrected chi connectivity index (χ4v) is 4.82. The summed E-state index contributed by atoms with van der Waals surface area (Å²) in [6.07, 6.45) is 0. The van der Waals surface area contributed by atoms with E-state index in [4.69, 9.17) is 9.47 Å². The van der Waals surface area contributed by atoms with E-state index in [-0.39, 0.29) is 4.90 Å². The molecule has 6 nitrogen and oxygen atoms in total. The molecule has 0 radical (unpaired) electrons. The zero-order valence-electron chi connectivity index (χ0n) is 14.9. The molecule has 1 aromatic heterocycles. The molecule has 2 aromatic carbocycles. The number of methoxy groups -OCH3 is 1. The van der Waals surface area contributed by atoms with E-state index in [1.165, 1.54) is 23.5 Å². The van der Waals surface area contributed by atoms with Crippen molar-refractivity contribution in [2.75, 3.05) is 20.3 Å². The molecule has 0 atom stereocenters. The maximum atomic E-state index is 13.1. The maximum absolute atomic E-state index is 13.1. The van der Waals surface area contributed by atoms with Gasteiger partial charge in [-0.15, -0.1) is 4.40 Å². The van der Waals surface area contributed by atoms with Crippen molar-refractivity contribution in [2.45, 2.75) is 18.4 Å². The smallest absolute Gasteiger partial charge is 0.285 e. The van der Waals surface area contributed by atoms with Crippen molar-refractivity contribution in [1.29, 1.82) is 0 Å². The van der Waals surface area contributed by atoms with E-state index >= 15 is 0 Å². The lowest BCUT2D eigenvalue weighted by Crippen LogP contribution is -2.19. The van der Waals surface area contributed by atoms with Crippen LogP contribution in [0.2, 0.25) is 0 Å². The van der Waals surface area contributed by atoms with Crippen LogP contribution in [0.15, 0.2) is 51.8 Å². The Hall–Kier alpha value is -2.23. The molecule has 0 spiro atoms. The minimum Gasteiger partial charge on any atom is -0.497 e. The van der Waals surface area contributed by atoms with Gasteiger partial charge in [0.15, 0.2) is 0 Å². The second-order valence-electron chi connectivity index (χ2n) is 5.59. The Morgan fingerprint density at radius 3 is 2.59 bits per heavy atom. The van der Waals surface area contributed by atoms with E-state index in [2.05, 4.69) is 4.40 Å². The molecule has 0 bridgehead atoms. The van der Waals surface area contributed by atoms with Gasteiger partial charge < -0.3 is 14.0 Å². The Kier molecular flexibility index (Phi) is 5.93. The molecule has 0 amide bonds. The summed E-state index contributed by atoms with van der Waals surface area (Å²) in [6.45, 7) is 3.35. The molecule has 0 fully saturated rings. The summed E-state index contributed by atoms with van der Waals surface area (Å²) in [7, 11) is -2.40. The summed E-state index contributed by atoms with van der Waals surface area (Å²) < 4.78 is 55.7. The molecule has 3 rings (SSSR count). The lowest BCUT2D eigenvalue weighted by Gasteiger charge is -2.06. The van der Waals surface area contributed by atoms with E-state index in [9.17, 15) is 12.8 Å². The van der Waals surface area contributed by atoms with Gasteiger partial charge in [0, 0.05) is 13.2 Å². The average molecular weight is 410 g/mol. The third-order valence-electron chi connectivity index (χ3n) is 3.86. The van der Waals surface area contributed by atoms with Gasteiger partial charge in [0.2, 0.25) is 4.80 Å². The Labute approximate surface area is 160 Å². The summed E-state index contributed by atoms with van der Waals surface area (Å²) >= 11 is 1.24. The average Bonchev–Trinajstić information content (AvgIpc) is 2.98. The first-order chi connectivity index (χ1) is 12.9. The fraction of sp³-hybridized carbons (Fsp3) is 0.278. The summed E-state index contributed by atoms with van der Waals surface area (Å²) in [6, 6.07) is 10.1. The first-order valence-corrected chi connectivity index (χ1v) is 10.5. The van der Waals surface area contributed by atoms with Crippen LogP contribution in [0.5, 0.6) is 5.75 Å². The second-order valence-corrected chi connectivity index (χ2v) is 8.20. The zero-order chi connectivity index (χ0) is 19.4. The third-order valence-corrected chi connectivity index (χ3v) is 6.30. The van der Waals surface area contributed by atoms with Crippen LogP contribution in [0.25, 0.3) is 10.2 Å². The molecule has 0 aliphatic carbocycles. The molecule has 144 valence electrons. The number of rotatable bonds is 7. The van der Waals surface area contributed by atoms with Crippen LogP contribution in [-0.2, 0) is 21.3 Å². The van der Waals surface area contributed by atoms with Gasteiger partial charge in [0.1, 0.15) is 11.6 Å². The predicted octanol–water partition coefficient (Wildman–Crippen LogP) is 3.18. The highest BCUT2D eigenvalue weighted by Crippen LogP contribution is 2.23. The van der Waals surface area contributed by atoms with Crippen LogP contribution >= 0.6 is 11.3 Å². The minimum absolute atomic E-state index is 0.0599. The van der Waals surface area contributed by atoms with Gasteiger partial charge in [0.25, 0.3) is 10.0 Å². The first kappa shape index (κ1) is 19.5. The summed E-state index contributed by atoms with van der Waals surface area (Å²) in [4.78, 5) is 0.262. The number of ether oxygens (including phenoxy) is 2. The van der Waals surface area contributed by atoms with Crippen LogP contribution in [0.3, 0.4) is 0 Å². The Bertz CT molecular complexity index is 1100. The maximum Gasteiger partial charge on any atom is 0.285 e. The van der Waals surface area contributed by atoms with E-state index < -0.39 is 15.8 Å². The summed E-state index contributed by atoms with van der Waals surface area (Å²) in [5.74, 6) is 0.170. The SMILES string of the molecule is CCOCCn1c(=NS(=O)(=O)c2ccc(F)cc2)sc2cc(OC)ccc21. The molecule has 0 aliphatic heterocycles. The minimum atomic E-state index is -3.97. The number of halogens is 1. The predicted molar refractivity (Wildman–Crippen MR) is 102 cm³/mol. The molecule has 0 saturated carbocycles. The number of benzene rings is 2. The molecule has 0 aliphatic rings. The highest BCUT2D eigenvalue weighted by molar-refractivity contribution is 7.90. The van der Waals surface area contributed by atoms with Crippen molar-refractivity contribution in [3.8, 4) is 5.75 Å². The standard InChI is InChI=1S/C18H19FN2O4S2/c1-3-25-11-10-21-16-9-6-14(24-2)12-17(16)26-18(21)20-27(22,23)15-7-4-13(19)5-8-15/h4-9,12H,3,10-11H2,1-2H3. The van der Waals surface area contributed by atoms with Gasteiger partial charge >= 0.3 is 0 Å². The van der Waals surface area contributed by atoms with Crippen LogP contribution in [0, 0.1) is 5.82 Å². The van der Waals surface area contributed by atoms with Gasteiger partial charge in [-0.3, -0.25) is 0 Å². The fourth-order valence-electron chi connectivity index (χ4n) is 2.53. The molecule has 1 heterocycles. The number of nitrogens with zero attached hydrogens (tertiary/aromatic N) is 2. The normalized spacial score (nSPS) is 12.6. The van der Waals surface area contributed by atoms with Crippen molar-refractivity contribution in [3.05, 3.63) is 53.1 Å². The lowest BCUT2D eigenvalue weighted by molar-refractivity contribution is 0.139. The number of thiazole rings is 1. The quantitative estimate of drug-likeness (QED) is 0.561. The van der Waals surface area contributed by atoms with Crippen LogP contribution in [0.1, 0.15) is 6.92 Å². The third kappa shape index (κ3) is 4.37. The molecule has 0 N–H and O–H groups in total. The van der Waals surface area contributed by atoms with E-state index in [1.807, 2.05) is 25.1 Å². The number of aromatic nitrogens is 1. The highest BCUT2D eigenvalue weighted by Gasteiger charge is 2.15. The Morgan fingerprint density at radius 2 is 1.93 bits per heavy atom. The lowest BCUT2D eigenvalue weighted by atomic mass is 10.3. The molecule has 3 aromatic rings. The van der Waals surface area contributed by atoms with Crippen molar-refractivity contribution in [1.82, 2.24) is 4.57 Å². The van der Waals surface area contributed by atoms with Gasteiger partial charge in [-0.2, -0.15) is 8.42 Å². The van der Waals surface area contributed by atoms with E-state index in [1.54, 1.807) is 11.7 Å². The van der Waals surface area contributed by atoms with Crippen molar-refractivity contribution >= 4 is 31.6 Å². The van der Waals surface area contributed by atoms with Gasteiger partial charge in [-0.05, 0) is 49.4 Å². The van der Waals surface area contributed by atoms with Gasteiger partial charge in [0.05, 0.1) is 28.8 Å². The van der Waals surface area contributed by atoms with Crippen molar-refractivity contribution < 1.29 is 22.3 Å². The second kappa shape index (κ2) is 8.20. The van der Waals surface area contributed by atoms with Crippen molar-refractivity contribution in [3.63, 3.8) is 0 Å². The number of hydrogen-bond acceptors (Lipinski definition) is 5. The van der Waals surface area contributed by atoms with Crippen LogP contribution in [-0.4, -0.2) is 33.3 Å². The van der Waals surface area contributed by atoms with Crippen LogP contribution < -0.4 is 9.54 Å². The monoisotopic (exact) mass is 410 g/mol. The van der Waals surface area contributed by atoms with E-state index in [0.29, 0.717) is 30.3 Å². The van der Waals surface area contributed by atoms with Gasteiger partial charge in [-0.25, -0.2) is 4.39 Å². The molecular weight excluding hydrogens is 391 g/mol. The topological polar surface area (TPSA) is 69.9 Å². The first-order valence-electron chi connectivity index (χ1n) is 8.26. The van der Waals surface area contributed by atoms with E-state index in [0.717, 1.165) is 22.3 Å². The summed E-state index contributed by atoms with van der Waals surface area (Å²) in [5.41, 5.74) is 0.841. The van der Waals surface area contributed by atoms with Crippen LogP contribution in [0.4, 0.5) is 4.39 Å². The number of fused-ring (bicyclic) bond motifs is 1. The largest absolute Gasteiger partial charge is 0.497 e. The molecular formula is C18H19FN2O4S2. The number of sulfonamides is 1. The van der Waals surface area contributed by atoms with Gasteiger partial charge in [-0.1, -0.05) is 11.3 Å². The molecule has 27 heavy (non-hydrogen) atoms. The van der Waals surface area contributed by atoms with Crippen molar-refractivity contribution in [2.24, 2.45) is 4.40 Å². The number of hydrogen-bond donors (Lipinski definition) is 0. The molecule has 9 heteroatoms. The summed E-state index contributed by atoms with van der Waals surface area (Å²) in [5, 5.41) is 0. The Balaban J connectivity index is 2.14. The molecule has 0 saturated heterocycles. The molecule has 0 unspecified atom stereocenters. The zero-order valence-corrected chi connectivity index (χ0v) is 16.5. The highest BCUT2D eigenvalue weighted by atomic mass is 32.2.